The Morgan fingerprint density at radius 2 is 1.35 bits per heavy atom. The second-order valence-electron chi connectivity index (χ2n) is 4.85. The predicted molar refractivity (Wildman–Crippen MR) is 91.6 cm³/mol. The molecular weight excluding hydrogens is 294 g/mol. The number of rotatable bonds is 6. The summed E-state index contributed by atoms with van der Waals surface area (Å²) in [5.41, 5.74) is 9.05. The van der Waals surface area contributed by atoms with Crippen LogP contribution in [0.15, 0.2) is 36.9 Å². The van der Waals surface area contributed by atoms with E-state index in [4.69, 9.17) is 24.7 Å². The normalized spacial score (nSPS) is 10.1. The van der Waals surface area contributed by atoms with Crippen molar-refractivity contribution >= 4 is 11.3 Å². The van der Waals surface area contributed by atoms with E-state index in [0.717, 1.165) is 16.7 Å². The molecule has 2 aromatic rings. The van der Waals surface area contributed by atoms with E-state index < -0.39 is 0 Å². The van der Waals surface area contributed by atoms with Gasteiger partial charge in [0.2, 0.25) is 5.75 Å². The maximum absolute atomic E-state index is 5.97. The summed E-state index contributed by atoms with van der Waals surface area (Å²) in [4.78, 5) is 0. The number of nitrogens with two attached hydrogens (primary N) is 1. The van der Waals surface area contributed by atoms with Gasteiger partial charge in [0.05, 0.1) is 34.1 Å². The van der Waals surface area contributed by atoms with Crippen LogP contribution < -0.4 is 24.7 Å². The molecule has 0 unspecified atom stereocenters. The molecule has 0 aliphatic carbocycles. The van der Waals surface area contributed by atoms with Gasteiger partial charge in [0.25, 0.3) is 0 Å². The van der Waals surface area contributed by atoms with Gasteiger partial charge in [-0.3, -0.25) is 0 Å². The molecule has 0 amide bonds. The fraction of sp³-hybridized carbons (Fsp3) is 0.222. The summed E-state index contributed by atoms with van der Waals surface area (Å²) in [6.45, 7) is 4.15. The minimum absolute atomic E-state index is 0.542. The number of methoxy groups -OCH3 is 4. The SMILES string of the molecule is C=C(c1ccc(OC)c(N)c1)c1cc(OC)c(OC)c(OC)c1. The van der Waals surface area contributed by atoms with Crippen molar-refractivity contribution in [3.8, 4) is 23.0 Å². The van der Waals surface area contributed by atoms with Crippen molar-refractivity contribution in [1.82, 2.24) is 0 Å². The summed E-state index contributed by atoms with van der Waals surface area (Å²) in [5, 5.41) is 0. The Hall–Kier alpha value is -2.82. The van der Waals surface area contributed by atoms with Crippen LogP contribution in [0.4, 0.5) is 5.69 Å². The van der Waals surface area contributed by atoms with Crippen molar-refractivity contribution in [3.63, 3.8) is 0 Å². The molecule has 0 aromatic heterocycles. The molecule has 0 radical (unpaired) electrons. The van der Waals surface area contributed by atoms with Crippen molar-refractivity contribution in [3.05, 3.63) is 48.0 Å². The van der Waals surface area contributed by atoms with E-state index in [0.29, 0.717) is 28.7 Å². The zero-order chi connectivity index (χ0) is 17.0. The minimum Gasteiger partial charge on any atom is -0.495 e. The van der Waals surface area contributed by atoms with Gasteiger partial charge >= 0.3 is 0 Å². The van der Waals surface area contributed by atoms with Gasteiger partial charge < -0.3 is 24.7 Å². The lowest BCUT2D eigenvalue weighted by Gasteiger charge is -2.16. The van der Waals surface area contributed by atoms with Crippen LogP contribution in [0.25, 0.3) is 5.57 Å². The van der Waals surface area contributed by atoms with E-state index in [1.54, 1.807) is 28.4 Å². The molecule has 0 aliphatic heterocycles. The highest BCUT2D eigenvalue weighted by Crippen LogP contribution is 2.41. The summed E-state index contributed by atoms with van der Waals surface area (Å²) in [6, 6.07) is 9.24. The Bertz CT molecular complexity index is 700. The van der Waals surface area contributed by atoms with Crippen LogP contribution in [0, 0.1) is 0 Å². The summed E-state index contributed by atoms with van der Waals surface area (Å²) in [6.07, 6.45) is 0. The van der Waals surface area contributed by atoms with Crippen molar-refractivity contribution in [2.24, 2.45) is 0 Å². The summed E-state index contributed by atoms with van der Waals surface area (Å²) in [5.74, 6) is 2.32. The van der Waals surface area contributed by atoms with Crippen LogP contribution in [0.3, 0.4) is 0 Å². The monoisotopic (exact) mass is 315 g/mol. The Morgan fingerprint density at radius 3 is 1.78 bits per heavy atom. The smallest absolute Gasteiger partial charge is 0.203 e. The topological polar surface area (TPSA) is 62.9 Å². The first kappa shape index (κ1) is 16.5. The van der Waals surface area contributed by atoms with Crippen molar-refractivity contribution in [2.75, 3.05) is 34.2 Å². The highest BCUT2D eigenvalue weighted by molar-refractivity contribution is 5.82. The first-order chi connectivity index (χ1) is 11.0. The second kappa shape index (κ2) is 6.96. The lowest BCUT2D eigenvalue weighted by Crippen LogP contribution is -1.98. The second-order valence-corrected chi connectivity index (χ2v) is 4.85. The molecule has 0 atom stereocenters. The molecule has 23 heavy (non-hydrogen) atoms. The van der Waals surface area contributed by atoms with Gasteiger partial charge in [0.15, 0.2) is 11.5 Å². The number of hydrogen-bond donors (Lipinski definition) is 1. The Kier molecular flexibility index (Phi) is 5.01. The number of anilines is 1. The summed E-state index contributed by atoms with van der Waals surface area (Å²) in [7, 11) is 6.31. The third kappa shape index (κ3) is 3.18. The van der Waals surface area contributed by atoms with Crippen molar-refractivity contribution < 1.29 is 18.9 Å². The van der Waals surface area contributed by atoms with E-state index in [1.165, 1.54) is 0 Å². The van der Waals surface area contributed by atoms with Gasteiger partial charge in [-0.1, -0.05) is 12.6 Å². The molecule has 0 heterocycles. The highest BCUT2D eigenvalue weighted by Gasteiger charge is 2.15. The average Bonchev–Trinajstić information content (AvgIpc) is 2.59. The summed E-state index contributed by atoms with van der Waals surface area (Å²) < 4.78 is 21.3. The molecule has 0 saturated heterocycles. The van der Waals surface area contributed by atoms with Gasteiger partial charge in [-0.2, -0.15) is 0 Å². The molecule has 0 aliphatic rings. The van der Waals surface area contributed by atoms with E-state index in [1.807, 2.05) is 30.3 Å². The molecule has 2 N–H and O–H groups in total. The molecule has 5 nitrogen and oxygen atoms in total. The molecule has 0 fully saturated rings. The Labute approximate surface area is 136 Å². The first-order valence-corrected chi connectivity index (χ1v) is 6.98. The van der Waals surface area contributed by atoms with Crippen molar-refractivity contribution in [2.45, 2.75) is 0 Å². The van der Waals surface area contributed by atoms with Crippen LogP contribution in [0.2, 0.25) is 0 Å². The Balaban J connectivity index is 2.49. The van der Waals surface area contributed by atoms with Crippen LogP contribution >= 0.6 is 0 Å². The number of ether oxygens (including phenoxy) is 4. The molecule has 0 saturated carbocycles. The first-order valence-electron chi connectivity index (χ1n) is 6.98. The van der Waals surface area contributed by atoms with Gasteiger partial charge in [0.1, 0.15) is 5.75 Å². The van der Waals surface area contributed by atoms with Crippen LogP contribution in [-0.2, 0) is 0 Å². The third-order valence-electron chi connectivity index (χ3n) is 3.59. The van der Waals surface area contributed by atoms with E-state index in [2.05, 4.69) is 6.58 Å². The fourth-order valence-electron chi connectivity index (χ4n) is 2.34. The van der Waals surface area contributed by atoms with Gasteiger partial charge in [-0.05, 0) is 41.0 Å². The van der Waals surface area contributed by atoms with E-state index in [-0.39, 0.29) is 0 Å². The number of nitrogen functional groups attached to an aromatic ring is 1. The van der Waals surface area contributed by atoms with Crippen LogP contribution in [-0.4, -0.2) is 28.4 Å². The van der Waals surface area contributed by atoms with E-state index >= 15 is 0 Å². The molecular formula is C18H21NO4. The van der Waals surface area contributed by atoms with Gasteiger partial charge in [-0.15, -0.1) is 0 Å². The molecule has 5 heteroatoms. The Morgan fingerprint density at radius 1 is 0.783 bits per heavy atom. The molecule has 0 spiro atoms. The zero-order valence-electron chi connectivity index (χ0n) is 13.8. The summed E-state index contributed by atoms with van der Waals surface area (Å²) >= 11 is 0. The van der Waals surface area contributed by atoms with Crippen LogP contribution in [0.1, 0.15) is 11.1 Å². The van der Waals surface area contributed by atoms with Gasteiger partial charge in [-0.25, -0.2) is 0 Å². The van der Waals surface area contributed by atoms with Gasteiger partial charge in [0, 0.05) is 0 Å². The average molecular weight is 315 g/mol. The molecule has 2 aromatic carbocycles. The highest BCUT2D eigenvalue weighted by atomic mass is 16.5. The van der Waals surface area contributed by atoms with Crippen LogP contribution in [0.5, 0.6) is 23.0 Å². The van der Waals surface area contributed by atoms with E-state index in [9.17, 15) is 0 Å². The quantitative estimate of drug-likeness (QED) is 0.828. The fourth-order valence-corrected chi connectivity index (χ4v) is 2.34. The molecule has 122 valence electrons. The standard InChI is InChI=1S/C18H21NO4/c1-11(12-6-7-15(20-2)14(19)8-12)13-9-16(21-3)18(23-5)17(10-13)22-4/h6-10H,1,19H2,2-5H3. The maximum Gasteiger partial charge on any atom is 0.203 e. The largest absolute Gasteiger partial charge is 0.495 e. The number of benzene rings is 2. The molecule has 2 rings (SSSR count). The lowest BCUT2D eigenvalue weighted by atomic mass is 9.98. The predicted octanol–water partition coefficient (Wildman–Crippen LogP) is 3.36. The maximum atomic E-state index is 5.97. The minimum atomic E-state index is 0.542. The third-order valence-corrected chi connectivity index (χ3v) is 3.59. The zero-order valence-corrected chi connectivity index (χ0v) is 13.8. The number of hydrogen-bond acceptors (Lipinski definition) is 5. The lowest BCUT2D eigenvalue weighted by molar-refractivity contribution is 0.324. The van der Waals surface area contributed by atoms with Crippen molar-refractivity contribution in [1.29, 1.82) is 0 Å². The molecule has 0 bridgehead atoms.